The first kappa shape index (κ1) is 23.7. The second-order valence-corrected chi connectivity index (χ2v) is 7.61. The van der Waals surface area contributed by atoms with Gasteiger partial charge in [-0.2, -0.15) is 13.2 Å². The smallest absolute Gasteiger partial charge is 0.384 e. The number of amides is 1. The number of benzene rings is 1. The maximum absolute atomic E-state index is 13.0. The summed E-state index contributed by atoms with van der Waals surface area (Å²) in [7, 11) is 1.57. The fraction of sp³-hybridized carbons (Fsp3) is 0.632. The van der Waals surface area contributed by atoms with Crippen molar-refractivity contribution in [3.8, 4) is 0 Å². The molecule has 1 aromatic carbocycles. The normalized spacial score (nSPS) is 17.1. The molecule has 154 valence electrons. The van der Waals surface area contributed by atoms with Crippen molar-refractivity contribution < 1.29 is 22.7 Å². The van der Waals surface area contributed by atoms with E-state index >= 15 is 0 Å². The first-order valence-corrected chi connectivity index (χ1v) is 8.76. The molecule has 1 aliphatic rings. The zero-order valence-electron chi connectivity index (χ0n) is 15.9. The summed E-state index contributed by atoms with van der Waals surface area (Å²) in [5.74, 6) is -0.0964. The summed E-state index contributed by atoms with van der Waals surface area (Å²) >= 11 is 0. The second kappa shape index (κ2) is 9.26. The standard InChI is InChI=1S/C19H27F3N2O2.ClH/c1-17(2,14-5-4-6-15(11-14)19(20,21)22)12-24-16(25)18(13-26-3)7-9-23-10-8-18;/h4-6,11,23H,7-10,12-13H2,1-3H3,(H,24,25);1H. The molecule has 8 heteroatoms. The van der Waals surface area contributed by atoms with Crippen molar-refractivity contribution in [2.45, 2.75) is 38.3 Å². The molecule has 0 radical (unpaired) electrons. The SMILES string of the molecule is COCC1(C(=O)NCC(C)(C)c2cccc(C(F)(F)F)c2)CCNCC1.Cl. The molecule has 1 fully saturated rings. The predicted molar refractivity (Wildman–Crippen MR) is 101 cm³/mol. The molecule has 27 heavy (non-hydrogen) atoms. The van der Waals surface area contributed by atoms with Gasteiger partial charge < -0.3 is 15.4 Å². The van der Waals surface area contributed by atoms with E-state index in [1.165, 1.54) is 6.07 Å². The molecule has 1 saturated heterocycles. The minimum Gasteiger partial charge on any atom is -0.384 e. The van der Waals surface area contributed by atoms with E-state index in [4.69, 9.17) is 4.74 Å². The van der Waals surface area contributed by atoms with E-state index in [0.29, 0.717) is 25.0 Å². The first-order valence-electron chi connectivity index (χ1n) is 8.76. The van der Waals surface area contributed by atoms with Crippen LogP contribution in [0.4, 0.5) is 13.2 Å². The van der Waals surface area contributed by atoms with Crippen LogP contribution in [0.15, 0.2) is 24.3 Å². The molecule has 0 aromatic heterocycles. The van der Waals surface area contributed by atoms with Crippen molar-refractivity contribution in [3.63, 3.8) is 0 Å². The molecule has 0 unspecified atom stereocenters. The highest BCUT2D eigenvalue weighted by Gasteiger charge is 2.40. The van der Waals surface area contributed by atoms with Crippen molar-refractivity contribution in [2.75, 3.05) is 33.4 Å². The summed E-state index contributed by atoms with van der Waals surface area (Å²) in [5.41, 5.74) is -1.34. The van der Waals surface area contributed by atoms with Gasteiger partial charge in [-0.3, -0.25) is 4.79 Å². The summed E-state index contributed by atoms with van der Waals surface area (Å²) in [6, 6.07) is 5.28. The van der Waals surface area contributed by atoms with E-state index in [1.54, 1.807) is 13.2 Å². The Bertz CT molecular complexity index is 624. The zero-order chi connectivity index (χ0) is 19.4. The molecular weight excluding hydrogens is 381 g/mol. The molecule has 2 N–H and O–H groups in total. The second-order valence-electron chi connectivity index (χ2n) is 7.61. The average molecular weight is 409 g/mol. The Morgan fingerprint density at radius 1 is 1.22 bits per heavy atom. The van der Waals surface area contributed by atoms with Crippen molar-refractivity contribution in [1.82, 2.24) is 10.6 Å². The summed E-state index contributed by atoms with van der Waals surface area (Å²) in [5, 5.41) is 6.18. The van der Waals surface area contributed by atoms with Gasteiger partial charge in [-0.05, 0) is 37.6 Å². The number of carbonyl (C=O) groups is 1. The van der Waals surface area contributed by atoms with Crippen LogP contribution in [0.1, 0.15) is 37.8 Å². The topological polar surface area (TPSA) is 50.4 Å². The monoisotopic (exact) mass is 408 g/mol. The fourth-order valence-electron chi connectivity index (χ4n) is 3.33. The quantitative estimate of drug-likeness (QED) is 0.757. The van der Waals surface area contributed by atoms with E-state index in [1.807, 2.05) is 13.8 Å². The number of halogens is 4. The highest BCUT2D eigenvalue weighted by molar-refractivity contribution is 5.85. The number of hydrogen-bond donors (Lipinski definition) is 2. The van der Waals surface area contributed by atoms with Crippen LogP contribution >= 0.6 is 12.4 Å². The van der Waals surface area contributed by atoms with Gasteiger partial charge in [0.2, 0.25) is 5.91 Å². The number of carbonyl (C=O) groups excluding carboxylic acids is 1. The minimum atomic E-state index is -4.38. The lowest BCUT2D eigenvalue weighted by atomic mass is 9.78. The maximum Gasteiger partial charge on any atom is 0.416 e. The van der Waals surface area contributed by atoms with Crippen LogP contribution in [0.25, 0.3) is 0 Å². The number of methoxy groups -OCH3 is 1. The van der Waals surface area contributed by atoms with Gasteiger partial charge in [-0.1, -0.05) is 32.0 Å². The fourth-order valence-corrected chi connectivity index (χ4v) is 3.33. The number of nitrogens with one attached hydrogen (secondary N) is 2. The predicted octanol–water partition coefficient (Wildman–Crippen LogP) is 3.54. The summed E-state index contributed by atoms with van der Waals surface area (Å²) in [6.45, 7) is 5.74. The molecule has 2 rings (SSSR count). The van der Waals surface area contributed by atoms with Crippen molar-refractivity contribution in [1.29, 1.82) is 0 Å². The number of hydrogen-bond acceptors (Lipinski definition) is 3. The summed E-state index contributed by atoms with van der Waals surface area (Å²) in [6.07, 6.45) is -3.03. The van der Waals surface area contributed by atoms with Gasteiger partial charge in [-0.25, -0.2) is 0 Å². The van der Waals surface area contributed by atoms with Crippen LogP contribution in [0, 0.1) is 5.41 Å². The Morgan fingerprint density at radius 3 is 2.37 bits per heavy atom. The van der Waals surface area contributed by atoms with Gasteiger partial charge in [0.15, 0.2) is 0 Å². The van der Waals surface area contributed by atoms with Crippen LogP contribution in [0.2, 0.25) is 0 Å². The van der Waals surface area contributed by atoms with Gasteiger partial charge in [0.1, 0.15) is 0 Å². The molecule has 1 heterocycles. The molecule has 1 aliphatic heterocycles. The van der Waals surface area contributed by atoms with Gasteiger partial charge in [0.25, 0.3) is 0 Å². The van der Waals surface area contributed by atoms with Crippen LogP contribution in [-0.4, -0.2) is 39.3 Å². The Kier molecular flexibility index (Phi) is 8.14. The van der Waals surface area contributed by atoms with Crippen LogP contribution in [0.3, 0.4) is 0 Å². The molecule has 0 spiro atoms. The lowest BCUT2D eigenvalue weighted by Gasteiger charge is -2.37. The highest BCUT2D eigenvalue weighted by Crippen LogP contribution is 2.33. The van der Waals surface area contributed by atoms with Gasteiger partial charge >= 0.3 is 6.18 Å². The number of ether oxygens (including phenoxy) is 1. The van der Waals surface area contributed by atoms with Crippen LogP contribution in [-0.2, 0) is 21.1 Å². The van der Waals surface area contributed by atoms with Crippen molar-refractivity contribution in [3.05, 3.63) is 35.4 Å². The Labute approximate surface area is 164 Å². The molecular formula is C19H28ClF3N2O2. The third kappa shape index (κ3) is 5.83. The molecule has 0 bridgehead atoms. The molecule has 1 amide bonds. The third-order valence-electron chi connectivity index (χ3n) is 5.13. The zero-order valence-corrected chi connectivity index (χ0v) is 16.7. The van der Waals surface area contributed by atoms with E-state index < -0.39 is 22.6 Å². The Morgan fingerprint density at radius 2 is 1.81 bits per heavy atom. The van der Waals surface area contributed by atoms with Crippen LogP contribution < -0.4 is 10.6 Å². The lowest BCUT2D eigenvalue weighted by Crippen LogP contribution is -2.52. The van der Waals surface area contributed by atoms with Gasteiger partial charge in [0, 0.05) is 19.1 Å². The first-order chi connectivity index (χ1) is 12.1. The Balaban J connectivity index is 0.00000364. The maximum atomic E-state index is 13.0. The Hall–Kier alpha value is -1.31. The van der Waals surface area contributed by atoms with E-state index in [0.717, 1.165) is 25.2 Å². The van der Waals surface area contributed by atoms with Crippen molar-refractivity contribution >= 4 is 18.3 Å². The van der Waals surface area contributed by atoms with E-state index in [-0.39, 0.29) is 24.9 Å². The largest absolute Gasteiger partial charge is 0.416 e. The number of alkyl halides is 3. The number of piperidine rings is 1. The van der Waals surface area contributed by atoms with Crippen molar-refractivity contribution in [2.24, 2.45) is 5.41 Å². The van der Waals surface area contributed by atoms with Gasteiger partial charge in [-0.15, -0.1) is 12.4 Å². The summed E-state index contributed by atoms with van der Waals surface area (Å²) < 4.78 is 44.1. The van der Waals surface area contributed by atoms with E-state index in [2.05, 4.69) is 10.6 Å². The lowest BCUT2D eigenvalue weighted by molar-refractivity contribution is -0.138. The molecule has 0 aliphatic carbocycles. The van der Waals surface area contributed by atoms with Crippen LogP contribution in [0.5, 0.6) is 0 Å². The minimum absolute atomic E-state index is 0. The number of rotatable bonds is 6. The van der Waals surface area contributed by atoms with E-state index in [9.17, 15) is 18.0 Å². The third-order valence-corrected chi connectivity index (χ3v) is 5.13. The molecule has 0 atom stereocenters. The molecule has 1 aromatic rings. The average Bonchev–Trinajstić information content (AvgIpc) is 2.60. The van der Waals surface area contributed by atoms with Gasteiger partial charge in [0.05, 0.1) is 17.6 Å². The highest BCUT2D eigenvalue weighted by atomic mass is 35.5. The molecule has 0 saturated carbocycles. The molecule has 4 nitrogen and oxygen atoms in total. The summed E-state index contributed by atoms with van der Waals surface area (Å²) in [4.78, 5) is 12.8.